The van der Waals surface area contributed by atoms with E-state index in [9.17, 15) is 19.2 Å². The number of alkyl halides is 1. The molecule has 0 fully saturated rings. The van der Waals surface area contributed by atoms with Crippen molar-refractivity contribution in [2.75, 3.05) is 14.2 Å². The highest BCUT2D eigenvalue weighted by Crippen LogP contribution is 2.23. The first-order chi connectivity index (χ1) is 11.4. The summed E-state index contributed by atoms with van der Waals surface area (Å²) in [6, 6.07) is 4.30. The quantitative estimate of drug-likeness (QED) is 0.575. The number of nitrogens with two attached hydrogens (primary N) is 1. The Hall–Kier alpha value is -2.25. The smallest absolute Gasteiger partial charge is 0.365 e. The summed E-state index contributed by atoms with van der Waals surface area (Å²) in [7, 11) is 2.36. The standard InChI is InChI=1S/C16H16ClNO6/c1-23-11(19)7-10(16(22)24-2)18-13-12(17)14(20)8-5-3-4-6-9(8)15(13)21/h3-6,10,12-13,18H,7H2,1-2H3/p+1/t10-,12-,13-/m0/s1. The fourth-order valence-electron chi connectivity index (χ4n) is 2.62. The topological polar surface area (TPSA) is 103 Å². The van der Waals surface area contributed by atoms with Crippen LogP contribution >= 0.6 is 11.6 Å². The number of halogens is 1. The number of quaternary nitrogens is 1. The maximum atomic E-state index is 12.6. The molecule has 1 aromatic carbocycles. The number of ketones is 2. The zero-order chi connectivity index (χ0) is 17.9. The van der Waals surface area contributed by atoms with Crippen LogP contribution in [-0.4, -0.2) is 55.2 Å². The van der Waals surface area contributed by atoms with Crippen LogP contribution in [0, 0.1) is 0 Å². The Labute approximate surface area is 143 Å². The molecule has 1 aliphatic carbocycles. The fraction of sp³-hybridized carbons (Fsp3) is 0.375. The number of ether oxygens (including phenoxy) is 2. The highest BCUT2D eigenvalue weighted by atomic mass is 35.5. The molecule has 1 aliphatic rings. The van der Waals surface area contributed by atoms with Crippen molar-refractivity contribution >= 4 is 35.1 Å². The number of methoxy groups -OCH3 is 2. The predicted molar refractivity (Wildman–Crippen MR) is 82.9 cm³/mol. The highest BCUT2D eigenvalue weighted by molar-refractivity contribution is 6.39. The average Bonchev–Trinajstić information content (AvgIpc) is 2.61. The number of hydrogen-bond donors (Lipinski definition) is 1. The van der Waals surface area contributed by atoms with Crippen LogP contribution < -0.4 is 5.32 Å². The molecule has 0 aromatic heterocycles. The van der Waals surface area contributed by atoms with Crippen molar-refractivity contribution in [2.24, 2.45) is 0 Å². The van der Waals surface area contributed by atoms with Crippen molar-refractivity contribution < 1.29 is 34.0 Å². The van der Waals surface area contributed by atoms with E-state index < -0.39 is 35.2 Å². The summed E-state index contributed by atoms with van der Waals surface area (Å²) in [5, 5.41) is 0.161. The van der Waals surface area contributed by atoms with E-state index in [0.29, 0.717) is 0 Å². The van der Waals surface area contributed by atoms with Crippen molar-refractivity contribution in [3.63, 3.8) is 0 Å². The van der Waals surface area contributed by atoms with Gasteiger partial charge in [0.2, 0.25) is 5.78 Å². The molecule has 0 amide bonds. The minimum atomic E-state index is -1.14. The first kappa shape index (κ1) is 18.1. The Morgan fingerprint density at radius 1 is 1.12 bits per heavy atom. The zero-order valence-electron chi connectivity index (χ0n) is 13.2. The summed E-state index contributed by atoms with van der Waals surface area (Å²) < 4.78 is 9.19. The molecular formula is C16H17ClNO6+. The van der Waals surface area contributed by atoms with Gasteiger partial charge in [-0.05, 0) is 0 Å². The molecule has 0 unspecified atom stereocenters. The van der Waals surface area contributed by atoms with Crippen LogP contribution in [0.4, 0.5) is 0 Å². The van der Waals surface area contributed by atoms with Crippen LogP contribution in [0.25, 0.3) is 0 Å². The average molecular weight is 355 g/mol. The molecule has 24 heavy (non-hydrogen) atoms. The molecule has 2 N–H and O–H groups in total. The second kappa shape index (κ2) is 7.55. The molecular weight excluding hydrogens is 338 g/mol. The van der Waals surface area contributed by atoms with Gasteiger partial charge in [0, 0.05) is 11.1 Å². The van der Waals surface area contributed by atoms with E-state index >= 15 is 0 Å². The van der Waals surface area contributed by atoms with Gasteiger partial charge in [-0.15, -0.1) is 11.6 Å². The minimum absolute atomic E-state index is 0.252. The second-order valence-electron chi connectivity index (χ2n) is 5.30. The van der Waals surface area contributed by atoms with Crippen LogP contribution in [0.2, 0.25) is 0 Å². The number of carbonyl (C=O) groups is 4. The lowest BCUT2D eigenvalue weighted by Gasteiger charge is -2.27. The predicted octanol–water partition coefficient (Wildman–Crippen LogP) is -0.290. The van der Waals surface area contributed by atoms with Gasteiger partial charge in [0.1, 0.15) is 6.42 Å². The van der Waals surface area contributed by atoms with E-state index in [1.54, 1.807) is 12.1 Å². The Kier molecular flexibility index (Phi) is 5.69. The van der Waals surface area contributed by atoms with E-state index in [1.807, 2.05) is 0 Å². The third-order valence-electron chi connectivity index (χ3n) is 3.88. The van der Waals surface area contributed by atoms with Gasteiger partial charge in [0.05, 0.1) is 14.2 Å². The van der Waals surface area contributed by atoms with Gasteiger partial charge >= 0.3 is 11.9 Å². The SMILES string of the molecule is COC(=O)C[C@H]([NH2+][C@@H]1C(=O)c2ccccc2C(=O)[C@H]1Cl)C(=O)OC. The Morgan fingerprint density at radius 2 is 1.71 bits per heavy atom. The molecule has 0 saturated heterocycles. The highest BCUT2D eigenvalue weighted by Gasteiger charge is 2.45. The van der Waals surface area contributed by atoms with E-state index in [1.165, 1.54) is 31.7 Å². The van der Waals surface area contributed by atoms with Gasteiger partial charge in [-0.3, -0.25) is 14.4 Å². The van der Waals surface area contributed by atoms with Gasteiger partial charge in [-0.25, -0.2) is 4.79 Å². The summed E-state index contributed by atoms with van der Waals surface area (Å²) in [6.45, 7) is 0. The molecule has 128 valence electrons. The Morgan fingerprint density at radius 3 is 2.25 bits per heavy atom. The Balaban J connectivity index is 2.29. The molecule has 0 radical (unpaired) electrons. The third-order valence-corrected chi connectivity index (χ3v) is 4.35. The second-order valence-corrected chi connectivity index (χ2v) is 5.77. The van der Waals surface area contributed by atoms with Crippen LogP contribution in [0.1, 0.15) is 27.1 Å². The Bertz CT molecular complexity index is 689. The summed E-state index contributed by atoms with van der Waals surface area (Å²) in [5.74, 6) is -2.11. The van der Waals surface area contributed by atoms with Crippen LogP contribution in [0.3, 0.4) is 0 Å². The molecule has 1 aromatic rings. The number of rotatable bonds is 5. The number of Topliss-reactive ketones (excluding diaryl/α,β-unsaturated/α-hetero) is 2. The fourth-order valence-corrected chi connectivity index (χ4v) is 2.93. The number of fused-ring (bicyclic) bond motifs is 1. The first-order valence-corrected chi connectivity index (χ1v) is 7.65. The third kappa shape index (κ3) is 3.47. The van der Waals surface area contributed by atoms with Crippen LogP contribution in [0.5, 0.6) is 0 Å². The van der Waals surface area contributed by atoms with Crippen molar-refractivity contribution in [1.82, 2.24) is 0 Å². The van der Waals surface area contributed by atoms with Crippen molar-refractivity contribution in [3.05, 3.63) is 35.4 Å². The zero-order valence-corrected chi connectivity index (χ0v) is 13.9. The molecule has 0 aliphatic heterocycles. The molecule has 0 bridgehead atoms. The molecule has 7 nitrogen and oxygen atoms in total. The number of esters is 2. The van der Waals surface area contributed by atoms with E-state index in [-0.39, 0.29) is 23.3 Å². The van der Waals surface area contributed by atoms with Crippen molar-refractivity contribution in [3.8, 4) is 0 Å². The molecule has 3 atom stereocenters. The van der Waals surface area contributed by atoms with Crippen molar-refractivity contribution in [2.45, 2.75) is 23.9 Å². The lowest BCUT2D eigenvalue weighted by Crippen LogP contribution is -3.00. The van der Waals surface area contributed by atoms with E-state index in [4.69, 9.17) is 11.6 Å². The summed E-state index contributed by atoms with van der Waals surface area (Å²) in [4.78, 5) is 48.4. The normalized spacial score (nSPS) is 21.0. The minimum Gasteiger partial charge on any atom is -0.469 e. The molecule has 0 saturated carbocycles. The van der Waals surface area contributed by atoms with Crippen LogP contribution in [0.15, 0.2) is 24.3 Å². The van der Waals surface area contributed by atoms with Gasteiger partial charge in [-0.1, -0.05) is 24.3 Å². The largest absolute Gasteiger partial charge is 0.469 e. The maximum absolute atomic E-state index is 12.6. The first-order valence-electron chi connectivity index (χ1n) is 7.21. The summed E-state index contributed by atoms with van der Waals surface area (Å²) >= 11 is 6.15. The van der Waals surface area contributed by atoms with Gasteiger partial charge in [0.25, 0.3) is 0 Å². The van der Waals surface area contributed by atoms with Gasteiger partial charge in [0.15, 0.2) is 23.2 Å². The van der Waals surface area contributed by atoms with Gasteiger partial charge < -0.3 is 14.8 Å². The number of hydrogen-bond acceptors (Lipinski definition) is 6. The lowest BCUT2D eigenvalue weighted by atomic mass is 9.85. The van der Waals surface area contributed by atoms with E-state index in [2.05, 4.69) is 9.47 Å². The monoisotopic (exact) mass is 354 g/mol. The summed E-state index contributed by atoms with van der Waals surface area (Å²) in [5.41, 5.74) is 0.511. The molecule has 0 spiro atoms. The lowest BCUT2D eigenvalue weighted by molar-refractivity contribution is -0.695. The number of benzene rings is 1. The number of carbonyl (C=O) groups excluding carboxylic acids is 4. The van der Waals surface area contributed by atoms with E-state index in [0.717, 1.165) is 0 Å². The molecule has 8 heteroatoms. The molecule has 2 rings (SSSR count). The molecule has 0 heterocycles. The van der Waals surface area contributed by atoms with Crippen molar-refractivity contribution in [1.29, 1.82) is 0 Å². The summed E-state index contributed by atoms with van der Waals surface area (Å²) in [6.07, 6.45) is -0.299. The maximum Gasteiger partial charge on any atom is 0.365 e. The van der Waals surface area contributed by atoms with Crippen LogP contribution in [-0.2, 0) is 19.1 Å². The van der Waals surface area contributed by atoms with Gasteiger partial charge in [-0.2, -0.15) is 0 Å².